The normalized spacial score (nSPS) is 10.3. The maximum atomic E-state index is 5.74. The average molecular weight is 222 g/mol. The molecule has 3 heteroatoms. The molecule has 0 spiro atoms. The second-order valence-electron chi connectivity index (χ2n) is 3.28. The molecule has 0 aliphatic carbocycles. The van der Waals surface area contributed by atoms with Crippen LogP contribution in [0.4, 0.5) is 0 Å². The maximum Gasteiger partial charge on any atom is 0.118 e. The van der Waals surface area contributed by atoms with Crippen molar-refractivity contribution in [2.24, 2.45) is 0 Å². The van der Waals surface area contributed by atoms with Crippen LogP contribution in [0.15, 0.2) is 36.5 Å². The molecule has 0 saturated heterocycles. The molecular weight excluding hydrogens is 210 g/mol. The third kappa shape index (κ3) is 2.16. The summed E-state index contributed by atoms with van der Waals surface area (Å²) in [6, 6.07) is 9.97. The molecule has 78 valence electrons. The van der Waals surface area contributed by atoms with E-state index in [9.17, 15) is 0 Å². The summed E-state index contributed by atoms with van der Waals surface area (Å²) in [6.45, 7) is 0. The Hall–Kier alpha value is -1.41. The highest BCUT2D eigenvalue weighted by atomic mass is 35.5. The molecule has 1 N–H and O–H groups in total. The number of ether oxygens (including phenoxy) is 1. The zero-order chi connectivity index (χ0) is 10.7. The highest BCUT2D eigenvalue weighted by Gasteiger charge is 2.01. The number of rotatable bonds is 3. The van der Waals surface area contributed by atoms with E-state index < -0.39 is 0 Å². The molecule has 0 aliphatic rings. The van der Waals surface area contributed by atoms with Gasteiger partial charge in [0.05, 0.1) is 7.11 Å². The highest BCUT2D eigenvalue weighted by Crippen LogP contribution is 2.22. The van der Waals surface area contributed by atoms with E-state index in [-0.39, 0.29) is 0 Å². The number of halogens is 1. The number of aromatic amines is 1. The standard InChI is InChI=1S/C12H12ClNO/c1-15-11-4-2-10(3-5-11)12-6-9(7-13)8-14-12/h2-6,8,14H,7H2,1H3. The first-order valence-corrected chi connectivity index (χ1v) is 5.24. The molecule has 0 saturated carbocycles. The molecule has 0 fully saturated rings. The van der Waals surface area contributed by atoms with Crippen LogP contribution in [-0.2, 0) is 5.88 Å². The van der Waals surface area contributed by atoms with Crippen molar-refractivity contribution in [2.45, 2.75) is 5.88 Å². The van der Waals surface area contributed by atoms with Crippen molar-refractivity contribution in [3.8, 4) is 17.0 Å². The quantitative estimate of drug-likeness (QED) is 0.790. The Bertz CT molecular complexity index is 433. The van der Waals surface area contributed by atoms with Gasteiger partial charge in [0.2, 0.25) is 0 Å². The topological polar surface area (TPSA) is 25.0 Å². The zero-order valence-electron chi connectivity index (χ0n) is 8.46. The Morgan fingerprint density at radius 2 is 2.00 bits per heavy atom. The van der Waals surface area contributed by atoms with Crippen LogP contribution >= 0.6 is 11.6 Å². The predicted molar refractivity (Wildman–Crippen MR) is 62.3 cm³/mol. The van der Waals surface area contributed by atoms with Gasteiger partial charge in [-0.1, -0.05) is 0 Å². The summed E-state index contributed by atoms with van der Waals surface area (Å²) < 4.78 is 5.10. The van der Waals surface area contributed by atoms with E-state index in [1.807, 2.05) is 30.5 Å². The zero-order valence-corrected chi connectivity index (χ0v) is 9.21. The van der Waals surface area contributed by atoms with Crippen molar-refractivity contribution < 1.29 is 4.74 Å². The minimum atomic E-state index is 0.534. The molecule has 0 radical (unpaired) electrons. The SMILES string of the molecule is COc1ccc(-c2cc(CCl)c[nH]2)cc1. The van der Waals surface area contributed by atoms with Crippen LogP contribution < -0.4 is 4.74 Å². The predicted octanol–water partition coefficient (Wildman–Crippen LogP) is 3.43. The smallest absolute Gasteiger partial charge is 0.118 e. The fraction of sp³-hybridized carbons (Fsp3) is 0.167. The van der Waals surface area contributed by atoms with E-state index >= 15 is 0 Å². The number of hydrogen-bond acceptors (Lipinski definition) is 1. The minimum Gasteiger partial charge on any atom is -0.497 e. The van der Waals surface area contributed by atoms with Crippen molar-refractivity contribution in [1.82, 2.24) is 4.98 Å². The van der Waals surface area contributed by atoms with E-state index in [0.29, 0.717) is 5.88 Å². The molecule has 0 unspecified atom stereocenters. The Kier molecular flexibility index (Phi) is 2.97. The van der Waals surface area contributed by atoms with Crippen LogP contribution in [0.2, 0.25) is 0 Å². The van der Waals surface area contributed by atoms with Crippen LogP contribution in [0.5, 0.6) is 5.75 Å². The Labute approximate surface area is 93.8 Å². The molecule has 0 amide bonds. The fourth-order valence-electron chi connectivity index (χ4n) is 1.45. The van der Waals surface area contributed by atoms with Crippen LogP contribution in [-0.4, -0.2) is 12.1 Å². The van der Waals surface area contributed by atoms with Crippen molar-refractivity contribution in [1.29, 1.82) is 0 Å². The van der Waals surface area contributed by atoms with Crippen LogP contribution in [0.25, 0.3) is 11.3 Å². The lowest BCUT2D eigenvalue weighted by atomic mass is 10.1. The van der Waals surface area contributed by atoms with Crippen molar-refractivity contribution in [3.63, 3.8) is 0 Å². The molecule has 15 heavy (non-hydrogen) atoms. The molecule has 1 heterocycles. The minimum absolute atomic E-state index is 0.534. The molecule has 0 aliphatic heterocycles. The third-order valence-corrected chi connectivity index (χ3v) is 2.61. The molecule has 2 aromatic rings. The molecule has 0 bridgehead atoms. The monoisotopic (exact) mass is 221 g/mol. The van der Waals surface area contributed by atoms with E-state index in [2.05, 4.69) is 11.1 Å². The van der Waals surface area contributed by atoms with Crippen LogP contribution in [0, 0.1) is 0 Å². The van der Waals surface area contributed by atoms with Gasteiger partial charge in [-0.3, -0.25) is 0 Å². The lowest BCUT2D eigenvalue weighted by molar-refractivity contribution is 0.415. The summed E-state index contributed by atoms with van der Waals surface area (Å²) in [4.78, 5) is 3.19. The summed E-state index contributed by atoms with van der Waals surface area (Å²) in [5.74, 6) is 1.40. The first-order chi connectivity index (χ1) is 7.33. The Morgan fingerprint density at radius 1 is 1.27 bits per heavy atom. The molecule has 1 aromatic carbocycles. The van der Waals surface area contributed by atoms with Gasteiger partial charge in [0.15, 0.2) is 0 Å². The number of nitrogens with one attached hydrogen (secondary N) is 1. The van der Waals surface area contributed by atoms with Crippen molar-refractivity contribution in [2.75, 3.05) is 7.11 Å². The van der Waals surface area contributed by atoms with Gasteiger partial charge in [-0.2, -0.15) is 0 Å². The number of H-pyrrole nitrogens is 1. The van der Waals surface area contributed by atoms with E-state index in [4.69, 9.17) is 16.3 Å². The first kappa shape index (κ1) is 10.1. The van der Waals surface area contributed by atoms with Crippen LogP contribution in [0.3, 0.4) is 0 Å². The summed E-state index contributed by atoms with van der Waals surface area (Å²) in [5, 5.41) is 0. The van der Waals surface area contributed by atoms with Gasteiger partial charge in [-0.25, -0.2) is 0 Å². The van der Waals surface area contributed by atoms with E-state index in [1.165, 1.54) is 0 Å². The van der Waals surface area contributed by atoms with Crippen molar-refractivity contribution >= 4 is 11.6 Å². The molecular formula is C12H12ClNO. The maximum absolute atomic E-state index is 5.74. The second kappa shape index (κ2) is 4.41. The lowest BCUT2D eigenvalue weighted by Crippen LogP contribution is -1.82. The largest absolute Gasteiger partial charge is 0.497 e. The van der Waals surface area contributed by atoms with Gasteiger partial charge in [0.25, 0.3) is 0 Å². The molecule has 2 nitrogen and oxygen atoms in total. The summed E-state index contributed by atoms with van der Waals surface area (Å²) in [7, 11) is 1.66. The van der Waals surface area contributed by atoms with Gasteiger partial charge < -0.3 is 9.72 Å². The third-order valence-electron chi connectivity index (χ3n) is 2.30. The van der Waals surface area contributed by atoms with E-state index in [0.717, 1.165) is 22.6 Å². The Balaban J connectivity index is 2.28. The van der Waals surface area contributed by atoms with Gasteiger partial charge in [0.1, 0.15) is 5.75 Å². The van der Waals surface area contributed by atoms with Gasteiger partial charge in [-0.15, -0.1) is 11.6 Å². The average Bonchev–Trinajstić information content (AvgIpc) is 2.78. The number of benzene rings is 1. The highest BCUT2D eigenvalue weighted by molar-refractivity contribution is 6.17. The number of hydrogen-bond donors (Lipinski definition) is 1. The summed E-state index contributed by atoms with van der Waals surface area (Å²) in [5.41, 5.74) is 3.31. The first-order valence-electron chi connectivity index (χ1n) is 4.71. The van der Waals surface area contributed by atoms with Gasteiger partial charge in [-0.05, 0) is 41.5 Å². The van der Waals surface area contributed by atoms with E-state index in [1.54, 1.807) is 7.11 Å². The van der Waals surface area contributed by atoms with Gasteiger partial charge in [0, 0.05) is 17.8 Å². The summed E-state index contributed by atoms with van der Waals surface area (Å²) >= 11 is 5.74. The molecule has 0 atom stereocenters. The fourth-order valence-corrected chi connectivity index (χ4v) is 1.61. The molecule has 1 aromatic heterocycles. The number of methoxy groups -OCH3 is 1. The van der Waals surface area contributed by atoms with Gasteiger partial charge >= 0.3 is 0 Å². The van der Waals surface area contributed by atoms with Crippen molar-refractivity contribution in [3.05, 3.63) is 42.1 Å². The number of aromatic nitrogens is 1. The lowest BCUT2D eigenvalue weighted by Gasteiger charge is -2.01. The second-order valence-corrected chi connectivity index (χ2v) is 3.55. The summed E-state index contributed by atoms with van der Waals surface area (Å²) in [6.07, 6.45) is 1.92. The molecule has 2 rings (SSSR count). The Morgan fingerprint density at radius 3 is 2.53 bits per heavy atom. The number of alkyl halides is 1. The van der Waals surface area contributed by atoms with Crippen LogP contribution in [0.1, 0.15) is 5.56 Å².